The topological polar surface area (TPSA) is 187 Å². The van der Waals surface area contributed by atoms with Crippen molar-refractivity contribution in [1.82, 2.24) is 30.4 Å². The van der Waals surface area contributed by atoms with E-state index in [4.69, 9.17) is 9.47 Å². The minimum absolute atomic E-state index is 0.00986. The Hall–Kier alpha value is -5.95. The summed E-state index contributed by atoms with van der Waals surface area (Å²) in [6, 6.07) is 8.02. The van der Waals surface area contributed by atoms with Crippen LogP contribution in [0.3, 0.4) is 0 Å². The number of aromatic nitrogens is 2. The van der Waals surface area contributed by atoms with E-state index in [1.54, 1.807) is 12.4 Å². The van der Waals surface area contributed by atoms with Gasteiger partial charge in [-0.15, -0.1) is 0 Å². The van der Waals surface area contributed by atoms with Crippen LogP contribution in [-0.4, -0.2) is 105 Å². The van der Waals surface area contributed by atoms with Crippen molar-refractivity contribution >= 4 is 35.4 Å². The molecule has 0 radical (unpaired) electrons. The lowest BCUT2D eigenvalue weighted by atomic mass is 9.85. The van der Waals surface area contributed by atoms with E-state index in [2.05, 4.69) is 50.3 Å². The summed E-state index contributed by atoms with van der Waals surface area (Å²) in [5.41, 5.74) is 2.27. The van der Waals surface area contributed by atoms with Gasteiger partial charge in [0.2, 0.25) is 11.8 Å². The van der Waals surface area contributed by atoms with Gasteiger partial charge >= 0.3 is 0 Å². The number of hydrogen-bond acceptors (Lipinski definition) is 12. The summed E-state index contributed by atoms with van der Waals surface area (Å²) in [5.74, 6) is -1.84. The second-order valence-electron chi connectivity index (χ2n) is 17.7. The van der Waals surface area contributed by atoms with Gasteiger partial charge in [-0.3, -0.25) is 39.1 Å². The van der Waals surface area contributed by atoms with Crippen molar-refractivity contribution < 1.29 is 37.8 Å². The molecule has 1 atom stereocenters. The molecule has 2 N–H and O–H groups in total. The zero-order valence-corrected chi connectivity index (χ0v) is 35.6. The highest BCUT2D eigenvalue weighted by atomic mass is 19.1. The van der Waals surface area contributed by atoms with Crippen LogP contribution in [0, 0.1) is 36.9 Å². The highest BCUT2D eigenvalue weighted by molar-refractivity contribution is 6.23. The number of anilines is 1. The Bertz CT molecular complexity index is 2270. The fourth-order valence-corrected chi connectivity index (χ4v) is 9.66. The highest BCUT2D eigenvalue weighted by Gasteiger charge is 2.47. The molecule has 1 unspecified atom stereocenters. The Balaban J connectivity index is 0.770. The van der Waals surface area contributed by atoms with Gasteiger partial charge in [0, 0.05) is 63.1 Å². The lowest BCUT2D eigenvalue weighted by Gasteiger charge is -2.46. The average molecular weight is 849 g/mol. The summed E-state index contributed by atoms with van der Waals surface area (Å²) < 4.78 is 27.7. The second-order valence-corrected chi connectivity index (χ2v) is 17.7. The van der Waals surface area contributed by atoms with Gasteiger partial charge in [0.1, 0.15) is 41.0 Å². The number of rotatable bonds is 12. The quantitative estimate of drug-likeness (QED) is 0.228. The number of nitrogens with zero attached hydrogens (tertiary/aromatic N) is 6. The zero-order valence-electron chi connectivity index (χ0n) is 35.6. The summed E-state index contributed by atoms with van der Waals surface area (Å²) in [6.45, 7) is 10.8. The number of hydrogen-bond donors (Lipinski definition) is 2. The molecule has 16 heteroatoms. The molecule has 8 rings (SSSR count). The smallest absolute Gasteiger partial charge is 0.271 e. The van der Waals surface area contributed by atoms with Gasteiger partial charge in [0.25, 0.3) is 17.7 Å². The van der Waals surface area contributed by atoms with Crippen LogP contribution >= 0.6 is 0 Å². The Kier molecular flexibility index (Phi) is 12.3. The van der Waals surface area contributed by atoms with Crippen molar-refractivity contribution in [3.8, 4) is 17.6 Å². The van der Waals surface area contributed by atoms with E-state index in [0.29, 0.717) is 23.2 Å². The molecule has 3 aliphatic heterocycles. The Morgan fingerprint density at radius 1 is 0.919 bits per heavy atom. The lowest BCUT2D eigenvalue weighted by molar-refractivity contribution is -0.136. The minimum Gasteiger partial charge on any atom is -0.490 e. The first kappa shape index (κ1) is 42.7. The van der Waals surface area contributed by atoms with E-state index in [1.165, 1.54) is 6.07 Å². The number of fused-ring (bicyclic) bond motifs is 1. The summed E-state index contributed by atoms with van der Waals surface area (Å²) >= 11 is 0. The van der Waals surface area contributed by atoms with Crippen LogP contribution in [0.4, 0.5) is 10.2 Å². The molecule has 2 saturated heterocycles. The number of halogens is 1. The molecule has 5 amide bonds. The van der Waals surface area contributed by atoms with Gasteiger partial charge in [-0.1, -0.05) is 0 Å². The number of nitriles is 1. The molecule has 2 aromatic carbocycles. The first-order valence-corrected chi connectivity index (χ1v) is 21.8. The fourth-order valence-electron chi connectivity index (χ4n) is 9.66. The van der Waals surface area contributed by atoms with E-state index in [9.17, 15) is 29.2 Å². The predicted molar refractivity (Wildman–Crippen MR) is 224 cm³/mol. The molecular weight excluding hydrogens is 796 g/mol. The number of imide groups is 2. The average Bonchev–Trinajstić information content (AvgIpc) is 3.47. The van der Waals surface area contributed by atoms with E-state index < -0.39 is 35.5 Å². The molecule has 0 spiro atoms. The second kappa shape index (κ2) is 17.8. The number of carbonyl (C=O) groups excluding carboxylic acids is 5. The van der Waals surface area contributed by atoms with Crippen LogP contribution in [0.15, 0.2) is 36.7 Å². The Labute approximate surface area is 360 Å². The molecule has 3 aromatic rings. The van der Waals surface area contributed by atoms with Crippen molar-refractivity contribution in [1.29, 1.82) is 5.26 Å². The third-order valence-electron chi connectivity index (χ3n) is 13.2. The van der Waals surface area contributed by atoms with Gasteiger partial charge in [0.15, 0.2) is 0 Å². The van der Waals surface area contributed by atoms with Gasteiger partial charge in [-0.2, -0.15) is 5.26 Å². The van der Waals surface area contributed by atoms with Crippen LogP contribution < -0.4 is 25.0 Å². The van der Waals surface area contributed by atoms with E-state index >= 15 is 4.39 Å². The van der Waals surface area contributed by atoms with Crippen LogP contribution in [0.2, 0.25) is 0 Å². The van der Waals surface area contributed by atoms with Gasteiger partial charge in [-0.05, 0) is 108 Å². The van der Waals surface area contributed by atoms with Gasteiger partial charge in [-0.25, -0.2) is 14.4 Å². The molecule has 0 bridgehead atoms. The number of carbonyl (C=O) groups is 5. The van der Waals surface area contributed by atoms with Gasteiger partial charge in [0.05, 0.1) is 41.3 Å². The number of nitrogens with one attached hydrogen (secondary N) is 2. The number of ether oxygens (including phenoxy) is 2. The molecule has 5 aliphatic rings. The molecule has 15 nitrogen and oxygen atoms in total. The molecule has 2 aliphatic carbocycles. The summed E-state index contributed by atoms with van der Waals surface area (Å²) in [7, 11) is 0. The van der Waals surface area contributed by atoms with Crippen molar-refractivity contribution in [2.24, 2.45) is 5.92 Å². The molecule has 326 valence electrons. The first-order valence-electron chi connectivity index (χ1n) is 21.8. The highest BCUT2D eigenvalue weighted by Crippen LogP contribution is 2.37. The Morgan fingerprint density at radius 3 is 2.23 bits per heavy atom. The van der Waals surface area contributed by atoms with Crippen LogP contribution in [0.5, 0.6) is 11.5 Å². The molecule has 1 aromatic heterocycles. The Morgan fingerprint density at radius 2 is 1.60 bits per heavy atom. The summed E-state index contributed by atoms with van der Waals surface area (Å²) in [6.07, 6.45) is 9.74. The van der Waals surface area contributed by atoms with Crippen LogP contribution in [0.25, 0.3) is 0 Å². The number of aryl methyl sites for hydroxylation is 2. The maximum Gasteiger partial charge on any atom is 0.271 e. The van der Waals surface area contributed by atoms with Crippen LogP contribution in [0.1, 0.15) is 126 Å². The van der Waals surface area contributed by atoms with E-state index in [1.807, 2.05) is 26.0 Å². The molecule has 62 heavy (non-hydrogen) atoms. The van der Waals surface area contributed by atoms with Crippen molar-refractivity contribution in [3.05, 3.63) is 76.0 Å². The number of benzene rings is 2. The SMILES string of the molecule is Cc1cc(OC2CCC(NC(=O)c3cnc(N4CCC(CN(C(C)C)C5CC(Oc6cc(F)c7c(c6)C(=O)N(C6CCC(=O)NC6=O)C7=O)C5)CC4)cn3)CC2)cc(C)c1C#N. The third kappa shape index (κ3) is 8.86. The summed E-state index contributed by atoms with van der Waals surface area (Å²) in [5, 5.41) is 14.6. The lowest BCUT2D eigenvalue weighted by Crippen LogP contribution is -2.54. The first-order chi connectivity index (χ1) is 29.8. The predicted octanol–water partition coefficient (Wildman–Crippen LogP) is 5.16. The monoisotopic (exact) mass is 848 g/mol. The van der Waals surface area contributed by atoms with Crippen LogP contribution in [-0.2, 0) is 9.59 Å². The number of amides is 5. The normalized spacial score (nSPS) is 24.1. The maximum absolute atomic E-state index is 15.3. The van der Waals surface area contributed by atoms with Crippen molar-refractivity contribution in [2.45, 2.75) is 128 Å². The standard InChI is InChI=1S/C46H53FN8O7/c1-25(2)54(30-17-33(18-30)62-34-19-35-42(37(47)20-34)46(60)55(45(35)59)39-9-10-41(56)52-44(39)58)24-28-11-13-53(14-12-28)40-23-49-38(22-50-40)43(57)51-29-5-7-31(8-6-29)61-32-15-26(3)36(21-48)27(4)16-32/h15-16,19-20,22-23,25,28-31,33,39H,5-14,17-18,24H2,1-4H3,(H,51,57)(H,52,56,58). The van der Waals surface area contributed by atoms with Crippen molar-refractivity contribution in [2.75, 3.05) is 24.5 Å². The van der Waals surface area contributed by atoms with E-state index in [-0.39, 0.29) is 59.9 Å². The molecule has 4 fully saturated rings. The third-order valence-corrected chi connectivity index (χ3v) is 13.2. The number of piperidine rings is 2. The minimum atomic E-state index is -1.17. The fraction of sp³-hybridized carbons (Fsp3) is 0.522. The van der Waals surface area contributed by atoms with E-state index in [0.717, 1.165) is 105 Å². The maximum atomic E-state index is 15.3. The largest absolute Gasteiger partial charge is 0.490 e. The zero-order chi connectivity index (χ0) is 43.8. The van der Waals surface area contributed by atoms with Gasteiger partial charge < -0.3 is 19.7 Å². The molecular formula is C46H53FN8O7. The summed E-state index contributed by atoms with van der Waals surface area (Å²) in [4.78, 5) is 78.0. The molecule has 2 saturated carbocycles. The molecule has 4 heterocycles. The van der Waals surface area contributed by atoms with Crippen molar-refractivity contribution in [3.63, 3.8) is 0 Å².